The third-order valence-corrected chi connectivity index (χ3v) is 8.24. The van der Waals surface area contributed by atoms with Gasteiger partial charge in [0.25, 0.3) is 0 Å². The number of rotatable bonds is 4. The topological polar surface area (TPSA) is 57.4 Å². The Balaban J connectivity index is 1.67. The Labute approximate surface area is 292 Å². The molecule has 4 nitrogen and oxygen atoms in total. The lowest BCUT2D eigenvalue weighted by molar-refractivity contribution is 1.31. The highest BCUT2D eigenvalue weighted by molar-refractivity contribution is 5.99. The molecule has 0 radical (unpaired) electrons. The molecule has 226 valence electrons. The summed E-state index contributed by atoms with van der Waals surface area (Å²) in [5, 5.41) is 0. The SMILES string of the molecule is [2H]C1=C([2H])c2nc1c(-c1ccccc1)c1c([2H])c([2H])c(c(-c3ccccc3)c3nc([12c](-c4ccccc4)c4c([2H])c([2H])c(c2-c2ccccc2)n4[2H])C([2H])=C3[2H])n1[2H]. The van der Waals surface area contributed by atoms with Gasteiger partial charge in [0, 0.05) is 44.3 Å². The Morgan fingerprint density at radius 1 is 0.354 bits per heavy atom. The van der Waals surface area contributed by atoms with E-state index in [0.717, 1.165) is 9.95 Å². The highest BCUT2D eigenvalue weighted by Crippen LogP contribution is 2.38. The van der Waals surface area contributed by atoms with Crippen molar-refractivity contribution in [1.29, 1.82) is 0 Å². The lowest BCUT2D eigenvalue weighted by Gasteiger charge is -2.07. The molecule has 2 aliphatic rings. The molecule has 2 aliphatic heterocycles. The summed E-state index contributed by atoms with van der Waals surface area (Å²) in [7, 11) is 0. The molecule has 0 atom stereocenters. The molecule has 9 rings (SSSR count). The molecule has 0 spiro atoms. The Morgan fingerprint density at radius 2 is 0.583 bits per heavy atom. The Hall–Kier alpha value is -6.52. The first-order chi connectivity index (χ1) is 28.0. The normalized spacial score (nSPS) is 15.8. The van der Waals surface area contributed by atoms with E-state index in [4.69, 9.17) is 9.97 Å². The van der Waals surface area contributed by atoms with Gasteiger partial charge >= 0.3 is 0 Å². The van der Waals surface area contributed by atoms with Crippen molar-refractivity contribution in [1.82, 2.24) is 19.9 Å². The lowest BCUT2D eigenvalue weighted by Crippen LogP contribution is -1.89. The summed E-state index contributed by atoms with van der Waals surface area (Å²) >= 11 is 0. The van der Waals surface area contributed by atoms with Crippen LogP contribution in [-0.4, -0.2) is 19.9 Å². The van der Waals surface area contributed by atoms with E-state index in [2.05, 4.69) is 0 Å². The largest absolute Gasteiger partial charge is 0.354 e. The number of hydrogen-bond donors (Lipinski definition) is 2. The van der Waals surface area contributed by atoms with Crippen LogP contribution < -0.4 is 0 Å². The van der Waals surface area contributed by atoms with Gasteiger partial charge in [-0.3, -0.25) is 0 Å². The van der Waals surface area contributed by atoms with Crippen molar-refractivity contribution >= 4 is 46.3 Å². The van der Waals surface area contributed by atoms with Crippen molar-refractivity contribution < 1.29 is 13.8 Å². The molecule has 2 N–H and O–H groups in total. The standard InChI is InChI=1S/C44H30N4/c1-5-13-29(14-6-1)41-33-21-23-35(45-33)42(30-15-7-2-8-16-30)37-25-27-39(47-37)44(32-19-11-4-12-20-32)40-28-26-38(48-40)43(31-17-9-3-10-18-31)36-24-22-34(41)46-36/h1-28,45,48H/i21D,22D,23D,24D,25D,26D,27D,28D,41+0/hD2. The van der Waals surface area contributed by atoms with Crippen molar-refractivity contribution in [3.8, 4) is 44.5 Å². The predicted octanol–water partition coefficient (Wildman–Crippen LogP) is 11.3. The predicted molar refractivity (Wildman–Crippen MR) is 201 cm³/mol. The highest BCUT2D eigenvalue weighted by Gasteiger charge is 2.18. The minimum atomic E-state index is -0.373. The average molecular weight is 625 g/mol. The van der Waals surface area contributed by atoms with E-state index in [1.165, 1.54) is 0 Å². The average Bonchev–Trinajstić information content (AvgIpc) is 3.85. The molecule has 0 amide bonds. The molecule has 48 heavy (non-hydrogen) atoms. The van der Waals surface area contributed by atoms with Gasteiger partial charge in [0.05, 0.1) is 33.7 Å². The first-order valence-corrected chi connectivity index (χ1v) is 15.4. The molecule has 0 saturated heterocycles. The molecule has 4 heteroatoms. The minimum Gasteiger partial charge on any atom is -0.354 e. The van der Waals surface area contributed by atoms with E-state index in [9.17, 15) is 13.8 Å². The molecule has 5 heterocycles. The second-order valence-corrected chi connectivity index (χ2v) is 11.2. The maximum atomic E-state index is 9.72. The van der Waals surface area contributed by atoms with Crippen molar-refractivity contribution in [2.24, 2.45) is 0 Å². The van der Waals surface area contributed by atoms with E-state index in [1.54, 1.807) is 121 Å². The van der Waals surface area contributed by atoms with Gasteiger partial charge in [0.2, 0.25) is 0 Å². The summed E-state index contributed by atoms with van der Waals surface area (Å²) in [6.07, 6.45) is 0. The van der Waals surface area contributed by atoms with Crippen molar-refractivity contribution in [3.05, 3.63) is 168 Å². The van der Waals surface area contributed by atoms with Crippen molar-refractivity contribution in [3.63, 3.8) is 0 Å². The number of benzene rings is 4. The summed E-state index contributed by atoms with van der Waals surface area (Å²) < 4.78 is 94.7. The summed E-state index contributed by atoms with van der Waals surface area (Å²) in [5.41, 5.74) is 1.56. The van der Waals surface area contributed by atoms with Crippen LogP contribution in [0.3, 0.4) is 0 Å². The van der Waals surface area contributed by atoms with E-state index in [-0.39, 0.29) is 115 Å². The fourth-order valence-electron chi connectivity index (χ4n) is 6.05. The number of H-pyrrole nitrogens is 2. The van der Waals surface area contributed by atoms with Gasteiger partial charge < -0.3 is 9.95 Å². The molecular formula is C44H30N4. The van der Waals surface area contributed by atoms with Gasteiger partial charge in [-0.1, -0.05) is 121 Å². The molecule has 0 fully saturated rings. The van der Waals surface area contributed by atoms with E-state index < -0.39 is 0 Å². The first-order valence-electron chi connectivity index (χ1n) is 20.3. The van der Waals surface area contributed by atoms with Crippen LogP contribution in [0, 0.1) is 0 Å². The van der Waals surface area contributed by atoms with Crippen molar-refractivity contribution in [2.45, 2.75) is 0 Å². The quantitative estimate of drug-likeness (QED) is 0.205. The van der Waals surface area contributed by atoms with Gasteiger partial charge in [-0.25, -0.2) is 9.97 Å². The number of nitrogens with zero attached hydrogens (tertiary/aromatic N) is 2. The minimum absolute atomic E-state index is 0.0696. The van der Waals surface area contributed by atoms with Crippen LogP contribution in [0.1, 0.15) is 33.7 Å². The fourth-order valence-corrected chi connectivity index (χ4v) is 6.05. The Bertz CT molecular complexity index is 2680. The van der Waals surface area contributed by atoms with E-state index in [0.29, 0.717) is 22.3 Å². The van der Waals surface area contributed by atoms with Gasteiger partial charge in [0.1, 0.15) is 0 Å². The molecule has 0 saturated carbocycles. The fraction of sp³-hybridized carbons (Fsp3) is 0. The van der Waals surface area contributed by atoms with E-state index >= 15 is 0 Å². The molecular weight excluding hydrogens is 585 g/mol. The molecule has 0 unspecified atom stereocenters. The van der Waals surface area contributed by atoms with Crippen LogP contribution in [0.5, 0.6) is 0 Å². The summed E-state index contributed by atoms with van der Waals surface area (Å²) in [6.45, 7) is 0. The zero-order chi connectivity index (χ0) is 40.6. The second kappa shape index (κ2) is 11.7. The third kappa shape index (κ3) is 4.88. The zero-order valence-electron chi connectivity index (χ0n) is 35.3. The maximum Gasteiger partial charge on any atom is 0.167 e. The molecule has 4 aromatic carbocycles. The highest BCUT2D eigenvalue weighted by atomic mass is 14.8. The molecule has 8 bridgehead atoms. The van der Waals surface area contributed by atoms with Gasteiger partial charge in [-0.15, -0.1) is 0 Å². The van der Waals surface area contributed by atoms with Crippen LogP contribution in [-0.2, 0) is 0 Å². The number of nitrogens with one attached hydrogen (secondary N) is 2. The van der Waals surface area contributed by atoms with Crippen LogP contribution in [0.2, 0.25) is 2.82 Å². The van der Waals surface area contributed by atoms with Crippen LogP contribution >= 0.6 is 0 Å². The smallest absolute Gasteiger partial charge is 0.167 e. The van der Waals surface area contributed by atoms with Crippen LogP contribution in [0.15, 0.2) is 145 Å². The number of fused-ring (bicyclic) bond motifs is 8. The second-order valence-electron chi connectivity index (χ2n) is 11.2. The monoisotopic (exact) mass is 624 g/mol. The lowest BCUT2D eigenvalue weighted by atomic mass is 10.0. The van der Waals surface area contributed by atoms with Crippen molar-refractivity contribution in [2.75, 3.05) is 0 Å². The maximum absolute atomic E-state index is 9.72. The third-order valence-electron chi connectivity index (χ3n) is 8.24. The van der Waals surface area contributed by atoms with Gasteiger partial charge in [-0.05, 0) is 70.6 Å². The summed E-state index contributed by atoms with van der Waals surface area (Å²) in [4.78, 5) is 11.7. The Morgan fingerprint density at radius 3 is 0.812 bits per heavy atom. The number of aromatic amines is 2. The Kier molecular flexibility index (Phi) is 4.68. The van der Waals surface area contributed by atoms with Gasteiger partial charge in [-0.2, -0.15) is 0 Å². The first kappa shape index (κ1) is 19.2. The molecule has 7 aromatic rings. The number of aromatic nitrogens is 4. The van der Waals surface area contributed by atoms with Crippen LogP contribution in [0.4, 0.5) is 0 Å². The zero-order valence-corrected chi connectivity index (χ0v) is 25.3. The summed E-state index contributed by atoms with van der Waals surface area (Å²) in [5.74, 6) is 0. The molecule has 3 aromatic heterocycles. The molecule has 0 aliphatic carbocycles. The number of hydrogen-bond acceptors (Lipinski definition) is 2. The van der Waals surface area contributed by atoms with Gasteiger partial charge in [0.15, 0.2) is 2.82 Å². The summed E-state index contributed by atoms with van der Waals surface area (Å²) in [6, 6.07) is 32.0. The van der Waals surface area contributed by atoms with E-state index in [1.807, 2.05) is 0 Å². The van der Waals surface area contributed by atoms with Crippen LogP contribution in [0.25, 0.3) is 90.8 Å².